The third-order valence-corrected chi connectivity index (χ3v) is 3.32. The molecule has 19 heavy (non-hydrogen) atoms. The maximum absolute atomic E-state index is 5.96. The zero-order valence-electron chi connectivity index (χ0n) is 10.7. The molecule has 0 spiro atoms. The lowest BCUT2D eigenvalue weighted by Gasteiger charge is -2.11. The van der Waals surface area contributed by atoms with Gasteiger partial charge in [0.25, 0.3) is 0 Å². The molecule has 2 rings (SSSR count). The summed E-state index contributed by atoms with van der Waals surface area (Å²) < 4.78 is 5.64. The predicted molar refractivity (Wildman–Crippen MR) is 78.9 cm³/mol. The number of nitrogen functional groups attached to an aromatic ring is 1. The van der Waals surface area contributed by atoms with Crippen LogP contribution in [0.25, 0.3) is 0 Å². The van der Waals surface area contributed by atoms with Gasteiger partial charge in [0.1, 0.15) is 12.4 Å². The minimum absolute atomic E-state index is 0.326. The molecule has 1 aromatic carbocycles. The van der Waals surface area contributed by atoms with E-state index in [2.05, 4.69) is 4.98 Å². The van der Waals surface area contributed by atoms with Crippen LogP contribution in [0.1, 0.15) is 16.8 Å². The van der Waals surface area contributed by atoms with Gasteiger partial charge >= 0.3 is 0 Å². The number of benzene rings is 1. The van der Waals surface area contributed by atoms with E-state index in [4.69, 9.17) is 33.7 Å². The van der Waals surface area contributed by atoms with E-state index in [1.807, 2.05) is 13.8 Å². The Morgan fingerprint density at radius 1 is 1.16 bits per heavy atom. The SMILES string of the molecule is Cc1cnc(COc2cc(Cl)cc(Cl)c2)c(C)c1N. The van der Waals surface area contributed by atoms with Crippen LogP contribution in [0.3, 0.4) is 0 Å². The van der Waals surface area contributed by atoms with Gasteiger partial charge in [-0.3, -0.25) is 4.98 Å². The van der Waals surface area contributed by atoms with Crippen LogP contribution < -0.4 is 10.5 Å². The molecule has 0 fully saturated rings. The number of aryl methyl sites for hydroxylation is 1. The van der Waals surface area contributed by atoms with Gasteiger partial charge < -0.3 is 10.5 Å². The van der Waals surface area contributed by atoms with E-state index in [1.54, 1.807) is 24.4 Å². The highest BCUT2D eigenvalue weighted by molar-refractivity contribution is 6.34. The lowest BCUT2D eigenvalue weighted by molar-refractivity contribution is 0.300. The first kappa shape index (κ1) is 14.0. The number of rotatable bonds is 3. The van der Waals surface area contributed by atoms with Crippen molar-refractivity contribution in [3.8, 4) is 5.75 Å². The third kappa shape index (κ3) is 3.31. The molecular weight excluding hydrogens is 283 g/mol. The molecule has 0 saturated heterocycles. The number of halogens is 2. The molecule has 5 heteroatoms. The van der Waals surface area contributed by atoms with Gasteiger partial charge in [-0.15, -0.1) is 0 Å². The fraction of sp³-hybridized carbons (Fsp3) is 0.214. The predicted octanol–water partition coefficient (Wildman–Crippen LogP) is 4.17. The molecule has 0 amide bonds. The molecular formula is C14H14Cl2N2O. The number of ether oxygens (including phenoxy) is 1. The first-order valence-corrected chi connectivity index (χ1v) is 6.52. The van der Waals surface area contributed by atoms with Gasteiger partial charge in [0.15, 0.2) is 0 Å². The standard InChI is InChI=1S/C14H14Cl2N2O/c1-8-6-18-13(9(2)14(8)17)7-19-12-4-10(15)3-11(16)5-12/h3-6H,7H2,1-2H3,(H2,17,18). The Morgan fingerprint density at radius 2 is 1.79 bits per heavy atom. The van der Waals surface area contributed by atoms with Crippen LogP contribution in [-0.4, -0.2) is 4.98 Å². The topological polar surface area (TPSA) is 48.1 Å². The van der Waals surface area contributed by atoms with Crippen LogP contribution in [0.4, 0.5) is 5.69 Å². The minimum Gasteiger partial charge on any atom is -0.487 e. The van der Waals surface area contributed by atoms with Crippen molar-refractivity contribution < 1.29 is 4.74 Å². The van der Waals surface area contributed by atoms with E-state index < -0.39 is 0 Å². The van der Waals surface area contributed by atoms with Crippen LogP contribution >= 0.6 is 23.2 Å². The Kier molecular flexibility index (Phi) is 4.17. The summed E-state index contributed by atoms with van der Waals surface area (Å²) in [7, 11) is 0. The number of nitrogens with two attached hydrogens (primary N) is 1. The molecule has 0 saturated carbocycles. The van der Waals surface area contributed by atoms with Crippen LogP contribution in [0.5, 0.6) is 5.75 Å². The van der Waals surface area contributed by atoms with Crippen molar-refractivity contribution in [2.75, 3.05) is 5.73 Å². The van der Waals surface area contributed by atoms with Crippen LogP contribution in [0.15, 0.2) is 24.4 Å². The fourth-order valence-corrected chi connectivity index (χ4v) is 2.21. The quantitative estimate of drug-likeness (QED) is 0.925. The smallest absolute Gasteiger partial charge is 0.131 e. The van der Waals surface area contributed by atoms with Crippen molar-refractivity contribution in [1.29, 1.82) is 0 Å². The van der Waals surface area contributed by atoms with E-state index in [-0.39, 0.29) is 0 Å². The van der Waals surface area contributed by atoms with Crippen molar-refractivity contribution >= 4 is 28.9 Å². The van der Waals surface area contributed by atoms with Gasteiger partial charge in [0.05, 0.1) is 5.69 Å². The lowest BCUT2D eigenvalue weighted by Crippen LogP contribution is -2.05. The summed E-state index contributed by atoms with van der Waals surface area (Å²) in [6.07, 6.45) is 1.74. The number of aromatic nitrogens is 1. The van der Waals surface area contributed by atoms with Crippen molar-refractivity contribution in [3.63, 3.8) is 0 Å². The lowest BCUT2D eigenvalue weighted by atomic mass is 10.1. The first-order chi connectivity index (χ1) is 8.97. The minimum atomic E-state index is 0.326. The average Bonchev–Trinajstić information content (AvgIpc) is 2.34. The van der Waals surface area contributed by atoms with Crippen LogP contribution in [0.2, 0.25) is 10.0 Å². The Hall–Kier alpha value is -1.45. The first-order valence-electron chi connectivity index (χ1n) is 5.77. The highest BCUT2D eigenvalue weighted by atomic mass is 35.5. The summed E-state index contributed by atoms with van der Waals surface area (Å²) >= 11 is 11.8. The number of anilines is 1. The van der Waals surface area contributed by atoms with Crippen molar-refractivity contribution in [2.24, 2.45) is 0 Å². The molecule has 1 heterocycles. The van der Waals surface area contributed by atoms with Gasteiger partial charge in [-0.1, -0.05) is 23.2 Å². The van der Waals surface area contributed by atoms with Gasteiger partial charge in [0.2, 0.25) is 0 Å². The zero-order chi connectivity index (χ0) is 14.0. The normalized spacial score (nSPS) is 10.5. The van der Waals surface area contributed by atoms with E-state index in [0.29, 0.717) is 22.4 Å². The maximum Gasteiger partial charge on any atom is 0.131 e. The number of pyridine rings is 1. The Bertz CT molecular complexity index is 594. The molecule has 0 bridgehead atoms. The monoisotopic (exact) mass is 296 g/mol. The van der Waals surface area contributed by atoms with E-state index in [0.717, 1.165) is 22.5 Å². The average molecular weight is 297 g/mol. The molecule has 0 radical (unpaired) electrons. The molecule has 0 unspecified atom stereocenters. The number of hydrogen-bond acceptors (Lipinski definition) is 3. The molecule has 0 aliphatic heterocycles. The Balaban J connectivity index is 2.17. The Morgan fingerprint density at radius 3 is 2.42 bits per heavy atom. The molecule has 2 aromatic rings. The van der Waals surface area contributed by atoms with Crippen molar-refractivity contribution in [1.82, 2.24) is 4.98 Å². The van der Waals surface area contributed by atoms with Crippen LogP contribution in [-0.2, 0) is 6.61 Å². The van der Waals surface area contributed by atoms with Crippen molar-refractivity contribution in [2.45, 2.75) is 20.5 Å². The molecule has 3 nitrogen and oxygen atoms in total. The van der Waals surface area contributed by atoms with Crippen molar-refractivity contribution in [3.05, 3.63) is 51.3 Å². The van der Waals surface area contributed by atoms with E-state index in [9.17, 15) is 0 Å². The summed E-state index contributed by atoms with van der Waals surface area (Å²) in [6.45, 7) is 4.18. The number of nitrogens with zero attached hydrogens (tertiary/aromatic N) is 1. The summed E-state index contributed by atoms with van der Waals surface area (Å²) in [4.78, 5) is 4.33. The van der Waals surface area contributed by atoms with Gasteiger partial charge in [-0.05, 0) is 43.2 Å². The molecule has 2 N–H and O–H groups in total. The maximum atomic E-state index is 5.96. The fourth-order valence-electron chi connectivity index (χ4n) is 1.70. The highest BCUT2D eigenvalue weighted by Gasteiger charge is 2.07. The Labute approximate surface area is 122 Å². The van der Waals surface area contributed by atoms with Crippen LogP contribution in [0, 0.1) is 13.8 Å². The van der Waals surface area contributed by atoms with E-state index in [1.165, 1.54) is 0 Å². The largest absolute Gasteiger partial charge is 0.487 e. The summed E-state index contributed by atoms with van der Waals surface area (Å²) in [6, 6.07) is 5.07. The van der Waals surface area contributed by atoms with Gasteiger partial charge in [0, 0.05) is 21.9 Å². The second-order valence-corrected chi connectivity index (χ2v) is 5.19. The molecule has 0 atom stereocenters. The summed E-state index contributed by atoms with van der Waals surface area (Å²) in [5.74, 6) is 0.609. The molecule has 0 aliphatic carbocycles. The molecule has 1 aromatic heterocycles. The third-order valence-electron chi connectivity index (χ3n) is 2.89. The second kappa shape index (κ2) is 5.68. The highest BCUT2D eigenvalue weighted by Crippen LogP contribution is 2.25. The van der Waals surface area contributed by atoms with Gasteiger partial charge in [-0.2, -0.15) is 0 Å². The zero-order valence-corrected chi connectivity index (χ0v) is 12.2. The summed E-state index contributed by atoms with van der Waals surface area (Å²) in [5.41, 5.74) is 9.42. The second-order valence-electron chi connectivity index (χ2n) is 4.32. The molecule has 0 aliphatic rings. The van der Waals surface area contributed by atoms with Gasteiger partial charge in [-0.25, -0.2) is 0 Å². The molecule has 100 valence electrons. The summed E-state index contributed by atoms with van der Waals surface area (Å²) in [5, 5.41) is 1.08. The number of hydrogen-bond donors (Lipinski definition) is 1. The van der Waals surface area contributed by atoms with E-state index >= 15 is 0 Å².